The van der Waals surface area contributed by atoms with Crippen LogP contribution >= 0.6 is 11.6 Å². The highest BCUT2D eigenvalue weighted by Crippen LogP contribution is 2.47. The first-order valence-electron chi connectivity index (χ1n) is 5.80. The Balaban J connectivity index is 1.90. The van der Waals surface area contributed by atoms with Gasteiger partial charge in [-0.3, -0.25) is 4.79 Å². The van der Waals surface area contributed by atoms with Crippen molar-refractivity contribution in [1.82, 2.24) is 5.32 Å². The Kier molecular flexibility index (Phi) is 3.69. The first kappa shape index (κ1) is 12.4. The van der Waals surface area contributed by atoms with E-state index in [1.165, 1.54) is 0 Å². The normalized spacial score (nSPS) is 16.6. The molecule has 0 aliphatic heterocycles. The third-order valence-electron chi connectivity index (χ3n) is 3.31. The second-order valence-corrected chi connectivity index (χ2v) is 5.10. The smallest absolute Gasteiger partial charge is 0.251 e. The molecule has 0 heterocycles. The van der Waals surface area contributed by atoms with Crippen LogP contribution in [0.15, 0.2) is 24.3 Å². The number of carbonyl (C=O) groups is 1. The van der Waals surface area contributed by atoms with Crippen LogP contribution < -0.4 is 5.32 Å². The predicted molar refractivity (Wildman–Crippen MR) is 67.2 cm³/mol. The van der Waals surface area contributed by atoms with Crippen LogP contribution in [0.25, 0.3) is 0 Å². The molecule has 0 unspecified atom stereocenters. The number of halogens is 1. The molecule has 2 rings (SSSR count). The fraction of sp³-hybridized carbons (Fsp3) is 0.462. The lowest BCUT2D eigenvalue weighted by atomic mass is 10.0. The highest BCUT2D eigenvalue weighted by molar-refractivity contribution is 6.30. The number of rotatable bonds is 5. The van der Waals surface area contributed by atoms with E-state index in [4.69, 9.17) is 16.7 Å². The number of carbonyl (C=O) groups excluding carboxylic acids is 1. The van der Waals surface area contributed by atoms with Gasteiger partial charge in [0.2, 0.25) is 0 Å². The van der Waals surface area contributed by atoms with Crippen molar-refractivity contribution in [3.63, 3.8) is 0 Å². The third kappa shape index (κ3) is 3.20. The molecule has 1 aliphatic carbocycles. The van der Waals surface area contributed by atoms with Crippen molar-refractivity contribution < 1.29 is 9.90 Å². The Bertz CT molecular complexity index is 416. The number of amides is 1. The lowest BCUT2D eigenvalue weighted by molar-refractivity contribution is 0.0941. The summed E-state index contributed by atoms with van der Waals surface area (Å²) >= 11 is 5.83. The second-order valence-electron chi connectivity index (χ2n) is 4.67. The zero-order chi connectivity index (χ0) is 12.3. The van der Waals surface area contributed by atoms with E-state index >= 15 is 0 Å². The molecule has 1 fully saturated rings. The standard InChI is InChI=1S/C13H16ClNO2/c14-11-3-1-2-10(8-11)12(17)15-9-13(4-5-13)6-7-16/h1-3,8,16H,4-7,9H2,(H,15,17). The van der Waals surface area contributed by atoms with E-state index in [-0.39, 0.29) is 17.9 Å². The number of benzene rings is 1. The first-order valence-corrected chi connectivity index (χ1v) is 6.18. The summed E-state index contributed by atoms with van der Waals surface area (Å²) in [5, 5.41) is 12.4. The summed E-state index contributed by atoms with van der Waals surface area (Å²) < 4.78 is 0. The summed E-state index contributed by atoms with van der Waals surface area (Å²) in [6.07, 6.45) is 2.94. The molecule has 92 valence electrons. The molecule has 0 saturated heterocycles. The van der Waals surface area contributed by atoms with Crippen LogP contribution in [0.3, 0.4) is 0 Å². The third-order valence-corrected chi connectivity index (χ3v) is 3.55. The van der Waals surface area contributed by atoms with E-state index in [0.717, 1.165) is 19.3 Å². The average molecular weight is 254 g/mol. The van der Waals surface area contributed by atoms with Crippen LogP contribution in [-0.2, 0) is 0 Å². The maximum absolute atomic E-state index is 11.8. The van der Waals surface area contributed by atoms with Crippen LogP contribution in [0.4, 0.5) is 0 Å². The van der Waals surface area contributed by atoms with E-state index in [2.05, 4.69) is 5.32 Å². The van der Waals surface area contributed by atoms with Crippen molar-refractivity contribution in [3.05, 3.63) is 34.9 Å². The molecule has 1 aromatic rings. The quantitative estimate of drug-likeness (QED) is 0.846. The zero-order valence-electron chi connectivity index (χ0n) is 9.58. The molecule has 2 N–H and O–H groups in total. The van der Waals surface area contributed by atoms with Gasteiger partial charge in [0.1, 0.15) is 0 Å². The maximum atomic E-state index is 11.8. The first-order chi connectivity index (χ1) is 8.15. The van der Waals surface area contributed by atoms with Crippen molar-refractivity contribution in [2.45, 2.75) is 19.3 Å². The van der Waals surface area contributed by atoms with Crippen LogP contribution in [0.5, 0.6) is 0 Å². The molecule has 3 nitrogen and oxygen atoms in total. The number of aliphatic hydroxyl groups excluding tert-OH is 1. The molecule has 1 saturated carbocycles. The van der Waals surface area contributed by atoms with Crippen molar-refractivity contribution in [3.8, 4) is 0 Å². The fourth-order valence-electron chi connectivity index (χ4n) is 1.93. The van der Waals surface area contributed by atoms with Gasteiger partial charge in [0.15, 0.2) is 0 Å². The molecule has 0 bridgehead atoms. The van der Waals surface area contributed by atoms with Gasteiger partial charge >= 0.3 is 0 Å². The van der Waals surface area contributed by atoms with Crippen LogP contribution in [-0.4, -0.2) is 24.2 Å². The van der Waals surface area contributed by atoms with Crippen molar-refractivity contribution in [2.24, 2.45) is 5.41 Å². The van der Waals surface area contributed by atoms with Crippen LogP contribution in [0.2, 0.25) is 5.02 Å². The minimum absolute atomic E-state index is 0.100. The van der Waals surface area contributed by atoms with E-state index in [1.54, 1.807) is 24.3 Å². The van der Waals surface area contributed by atoms with Crippen LogP contribution in [0, 0.1) is 5.41 Å². The summed E-state index contributed by atoms with van der Waals surface area (Å²) in [7, 11) is 0. The molecule has 17 heavy (non-hydrogen) atoms. The fourth-order valence-corrected chi connectivity index (χ4v) is 2.12. The lowest BCUT2D eigenvalue weighted by Gasteiger charge is -2.14. The van der Waals surface area contributed by atoms with Gasteiger partial charge in [-0.1, -0.05) is 17.7 Å². The molecule has 0 radical (unpaired) electrons. The number of hydrogen-bond acceptors (Lipinski definition) is 2. The number of nitrogens with one attached hydrogen (secondary N) is 1. The molecular weight excluding hydrogens is 238 g/mol. The largest absolute Gasteiger partial charge is 0.396 e. The summed E-state index contributed by atoms with van der Waals surface area (Å²) in [6, 6.07) is 6.90. The number of aliphatic hydroxyl groups is 1. The van der Waals surface area contributed by atoms with Gasteiger partial charge in [-0.2, -0.15) is 0 Å². The number of hydrogen-bond donors (Lipinski definition) is 2. The summed E-state index contributed by atoms with van der Waals surface area (Å²) in [5.41, 5.74) is 0.723. The van der Waals surface area contributed by atoms with Crippen molar-refractivity contribution in [2.75, 3.05) is 13.2 Å². The SMILES string of the molecule is O=C(NCC1(CCO)CC1)c1cccc(Cl)c1. The monoisotopic (exact) mass is 253 g/mol. The molecular formula is C13H16ClNO2. The zero-order valence-corrected chi connectivity index (χ0v) is 10.3. The summed E-state index contributed by atoms with van der Waals surface area (Å²) in [5.74, 6) is -0.100. The molecule has 0 spiro atoms. The molecule has 0 aromatic heterocycles. The molecule has 4 heteroatoms. The van der Waals surface area contributed by atoms with Crippen molar-refractivity contribution in [1.29, 1.82) is 0 Å². The van der Waals surface area contributed by atoms with Gasteiger partial charge in [0.25, 0.3) is 5.91 Å². The molecule has 1 aliphatic rings. The Labute approximate surface area is 106 Å². The minimum Gasteiger partial charge on any atom is -0.396 e. The molecule has 0 atom stereocenters. The second kappa shape index (κ2) is 5.07. The van der Waals surface area contributed by atoms with E-state index < -0.39 is 0 Å². The van der Waals surface area contributed by atoms with Crippen LogP contribution in [0.1, 0.15) is 29.6 Å². The summed E-state index contributed by atoms with van der Waals surface area (Å²) in [4.78, 5) is 11.8. The van der Waals surface area contributed by atoms with Gasteiger partial charge in [-0.25, -0.2) is 0 Å². The average Bonchev–Trinajstić information content (AvgIpc) is 3.07. The molecule has 1 amide bonds. The van der Waals surface area contributed by atoms with Gasteiger partial charge in [-0.15, -0.1) is 0 Å². The van der Waals surface area contributed by atoms with E-state index in [9.17, 15) is 4.79 Å². The Morgan fingerprint density at radius 3 is 2.82 bits per heavy atom. The maximum Gasteiger partial charge on any atom is 0.251 e. The topological polar surface area (TPSA) is 49.3 Å². The van der Waals surface area contributed by atoms with Gasteiger partial charge < -0.3 is 10.4 Å². The predicted octanol–water partition coefficient (Wildman–Crippen LogP) is 2.23. The van der Waals surface area contributed by atoms with Gasteiger partial charge in [0.05, 0.1) is 0 Å². The Morgan fingerprint density at radius 2 is 2.24 bits per heavy atom. The Morgan fingerprint density at radius 1 is 1.47 bits per heavy atom. The Hall–Kier alpha value is -1.06. The highest BCUT2D eigenvalue weighted by atomic mass is 35.5. The van der Waals surface area contributed by atoms with Gasteiger partial charge in [-0.05, 0) is 42.9 Å². The molecule has 1 aromatic carbocycles. The van der Waals surface area contributed by atoms with Gasteiger partial charge in [0, 0.05) is 23.7 Å². The van der Waals surface area contributed by atoms with E-state index in [1.807, 2.05) is 0 Å². The summed E-state index contributed by atoms with van der Waals surface area (Å²) in [6.45, 7) is 0.825. The van der Waals surface area contributed by atoms with Crippen molar-refractivity contribution >= 4 is 17.5 Å². The lowest BCUT2D eigenvalue weighted by Crippen LogP contribution is -2.30. The van der Waals surface area contributed by atoms with E-state index in [0.29, 0.717) is 17.1 Å². The highest BCUT2D eigenvalue weighted by Gasteiger charge is 2.41. The minimum atomic E-state index is -0.100.